The van der Waals surface area contributed by atoms with E-state index in [-0.39, 0.29) is 17.9 Å². The van der Waals surface area contributed by atoms with E-state index >= 15 is 0 Å². The molecular weight excluding hydrogens is 306 g/mol. The minimum absolute atomic E-state index is 0.0317. The van der Waals surface area contributed by atoms with Gasteiger partial charge in [-0.05, 0) is 42.9 Å². The van der Waals surface area contributed by atoms with Gasteiger partial charge in [-0.1, -0.05) is 30.5 Å². The third kappa shape index (κ3) is 4.10. The van der Waals surface area contributed by atoms with Crippen molar-refractivity contribution in [3.63, 3.8) is 0 Å². The second-order valence-corrected chi connectivity index (χ2v) is 6.12. The van der Waals surface area contributed by atoms with Crippen LogP contribution < -0.4 is 5.73 Å². The van der Waals surface area contributed by atoms with Gasteiger partial charge in [0, 0.05) is 6.04 Å². The van der Waals surface area contributed by atoms with E-state index in [0.29, 0.717) is 18.4 Å². The van der Waals surface area contributed by atoms with Gasteiger partial charge in [0.15, 0.2) is 0 Å². The molecule has 21 heavy (non-hydrogen) atoms. The average Bonchev–Trinajstić information content (AvgIpc) is 2.42. The fraction of sp³-hybridized carbons (Fsp3) is 0.600. The Hall–Kier alpha value is -0.810. The van der Waals surface area contributed by atoms with E-state index < -0.39 is 29.9 Å². The zero-order valence-corrected chi connectivity index (χ0v) is 12.2. The molecule has 2 rings (SSSR count). The number of hydrogen-bond donors (Lipinski definition) is 1. The molecule has 3 atom stereocenters. The van der Waals surface area contributed by atoms with Crippen LogP contribution in [0, 0.1) is 17.7 Å². The monoisotopic (exact) mass is 323 g/mol. The number of rotatable bonds is 3. The van der Waals surface area contributed by atoms with Crippen molar-refractivity contribution in [2.24, 2.45) is 17.6 Å². The Morgan fingerprint density at radius 2 is 1.90 bits per heavy atom. The highest BCUT2D eigenvalue weighted by Crippen LogP contribution is 2.43. The van der Waals surface area contributed by atoms with Gasteiger partial charge in [-0.15, -0.1) is 0 Å². The molecule has 6 heteroatoms. The average molecular weight is 324 g/mol. The maximum atomic E-state index is 13.1. The lowest BCUT2D eigenvalue weighted by molar-refractivity contribution is -0.198. The SMILES string of the molecule is NC(Cc1ccc(F)c(Cl)c1)C1CCCCC1C(F)(F)F. The third-order valence-electron chi connectivity index (χ3n) is 4.25. The van der Waals surface area contributed by atoms with Gasteiger partial charge < -0.3 is 5.73 Å². The molecule has 1 aliphatic rings. The van der Waals surface area contributed by atoms with Gasteiger partial charge >= 0.3 is 6.18 Å². The van der Waals surface area contributed by atoms with E-state index in [0.717, 1.165) is 6.42 Å². The van der Waals surface area contributed by atoms with Crippen LogP contribution in [-0.2, 0) is 6.42 Å². The highest BCUT2D eigenvalue weighted by Gasteiger charge is 2.47. The summed E-state index contributed by atoms with van der Waals surface area (Å²) in [6.45, 7) is 0. The number of hydrogen-bond acceptors (Lipinski definition) is 1. The zero-order chi connectivity index (χ0) is 15.6. The van der Waals surface area contributed by atoms with Crippen LogP contribution in [0.15, 0.2) is 18.2 Å². The first kappa shape index (κ1) is 16.6. The lowest BCUT2D eigenvalue weighted by Crippen LogP contribution is -2.44. The fourth-order valence-electron chi connectivity index (χ4n) is 3.17. The molecule has 1 aromatic rings. The largest absolute Gasteiger partial charge is 0.392 e. The summed E-state index contributed by atoms with van der Waals surface area (Å²) in [6, 6.07) is 3.57. The van der Waals surface area contributed by atoms with Gasteiger partial charge in [0.1, 0.15) is 5.82 Å². The first-order chi connectivity index (χ1) is 9.79. The molecule has 1 aliphatic carbocycles. The van der Waals surface area contributed by atoms with Crippen LogP contribution in [0.4, 0.5) is 17.6 Å². The highest BCUT2D eigenvalue weighted by molar-refractivity contribution is 6.30. The number of benzene rings is 1. The Morgan fingerprint density at radius 1 is 1.24 bits per heavy atom. The van der Waals surface area contributed by atoms with E-state index in [1.807, 2.05) is 0 Å². The van der Waals surface area contributed by atoms with Crippen molar-refractivity contribution in [1.29, 1.82) is 0 Å². The van der Waals surface area contributed by atoms with Crippen molar-refractivity contribution in [2.45, 2.75) is 44.3 Å². The molecule has 1 saturated carbocycles. The molecule has 0 bridgehead atoms. The predicted molar refractivity (Wildman–Crippen MR) is 74.6 cm³/mol. The normalized spacial score (nSPS) is 24.9. The number of nitrogens with two attached hydrogens (primary N) is 1. The second kappa shape index (κ2) is 6.53. The Bertz CT molecular complexity index is 489. The molecule has 0 aliphatic heterocycles. The maximum absolute atomic E-state index is 13.1. The molecule has 118 valence electrons. The van der Waals surface area contributed by atoms with E-state index in [2.05, 4.69) is 0 Å². The van der Waals surface area contributed by atoms with Crippen molar-refractivity contribution in [1.82, 2.24) is 0 Å². The van der Waals surface area contributed by atoms with Crippen LogP contribution in [0.1, 0.15) is 31.2 Å². The Labute approximate surface area is 126 Å². The van der Waals surface area contributed by atoms with Crippen molar-refractivity contribution >= 4 is 11.6 Å². The summed E-state index contributed by atoms with van der Waals surface area (Å²) in [5.74, 6) is -2.46. The van der Waals surface area contributed by atoms with Crippen LogP contribution in [-0.4, -0.2) is 12.2 Å². The lowest BCUT2D eigenvalue weighted by atomic mass is 9.73. The third-order valence-corrected chi connectivity index (χ3v) is 4.53. The van der Waals surface area contributed by atoms with Crippen molar-refractivity contribution < 1.29 is 17.6 Å². The number of halogens is 5. The van der Waals surface area contributed by atoms with Crippen molar-refractivity contribution in [3.8, 4) is 0 Å². The van der Waals surface area contributed by atoms with Gasteiger partial charge in [-0.3, -0.25) is 0 Å². The molecule has 0 spiro atoms. The number of alkyl halides is 3. The molecule has 1 aromatic carbocycles. The molecule has 0 radical (unpaired) electrons. The summed E-state index contributed by atoms with van der Waals surface area (Å²) >= 11 is 5.69. The second-order valence-electron chi connectivity index (χ2n) is 5.71. The van der Waals surface area contributed by atoms with Gasteiger partial charge in [0.25, 0.3) is 0 Å². The Kier molecular flexibility index (Phi) is 5.15. The van der Waals surface area contributed by atoms with Crippen molar-refractivity contribution in [2.75, 3.05) is 0 Å². The van der Waals surface area contributed by atoms with Crippen molar-refractivity contribution in [3.05, 3.63) is 34.6 Å². The smallest absolute Gasteiger partial charge is 0.327 e. The standard InChI is InChI=1S/C15H18ClF4N/c16-12-7-9(5-6-13(12)17)8-14(21)10-3-1-2-4-11(10)15(18,19)20/h5-7,10-11,14H,1-4,8,21H2. The van der Waals surface area contributed by atoms with E-state index in [1.54, 1.807) is 0 Å². The minimum atomic E-state index is -4.21. The Morgan fingerprint density at radius 3 is 2.52 bits per heavy atom. The van der Waals surface area contributed by atoms with Crippen LogP contribution in [0.2, 0.25) is 5.02 Å². The zero-order valence-electron chi connectivity index (χ0n) is 11.5. The van der Waals surface area contributed by atoms with Gasteiger partial charge in [0.05, 0.1) is 10.9 Å². The minimum Gasteiger partial charge on any atom is -0.327 e. The first-order valence-electron chi connectivity index (χ1n) is 7.05. The summed E-state index contributed by atoms with van der Waals surface area (Å²) in [5, 5.41) is -0.0317. The van der Waals surface area contributed by atoms with Crippen LogP contribution in [0.3, 0.4) is 0 Å². The quantitative estimate of drug-likeness (QED) is 0.800. The molecule has 1 fully saturated rings. The highest BCUT2D eigenvalue weighted by atomic mass is 35.5. The van der Waals surface area contributed by atoms with Crippen LogP contribution >= 0.6 is 11.6 Å². The predicted octanol–water partition coefficient (Wildman–Crippen LogP) is 4.72. The van der Waals surface area contributed by atoms with Gasteiger partial charge in [0.2, 0.25) is 0 Å². The maximum Gasteiger partial charge on any atom is 0.392 e. The summed E-state index contributed by atoms with van der Waals surface area (Å²) in [7, 11) is 0. The first-order valence-corrected chi connectivity index (χ1v) is 7.43. The topological polar surface area (TPSA) is 26.0 Å². The molecule has 0 heterocycles. The molecule has 1 nitrogen and oxygen atoms in total. The molecule has 0 saturated heterocycles. The summed E-state index contributed by atoms with van der Waals surface area (Å²) in [5.41, 5.74) is 6.69. The molecular formula is C15H18ClF4N. The van der Waals surface area contributed by atoms with E-state index in [1.165, 1.54) is 18.2 Å². The van der Waals surface area contributed by atoms with E-state index in [9.17, 15) is 17.6 Å². The summed E-state index contributed by atoms with van der Waals surface area (Å²) in [4.78, 5) is 0. The van der Waals surface area contributed by atoms with E-state index in [4.69, 9.17) is 17.3 Å². The molecule has 0 aromatic heterocycles. The lowest BCUT2D eigenvalue weighted by Gasteiger charge is -2.36. The Balaban J connectivity index is 2.10. The molecule has 3 unspecified atom stereocenters. The van der Waals surface area contributed by atoms with Crippen LogP contribution in [0.5, 0.6) is 0 Å². The summed E-state index contributed by atoms with van der Waals surface area (Å²) in [6.07, 6.45) is -1.93. The van der Waals surface area contributed by atoms with Crippen LogP contribution in [0.25, 0.3) is 0 Å². The molecule has 0 amide bonds. The molecule has 2 N–H and O–H groups in total. The van der Waals surface area contributed by atoms with Gasteiger partial charge in [-0.2, -0.15) is 13.2 Å². The summed E-state index contributed by atoms with van der Waals surface area (Å²) < 4.78 is 52.3. The fourth-order valence-corrected chi connectivity index (χ4v) is 3.37. The van der Waals surface area contributed by atoms with Gasteiger partial charge in [-0.25, -0.2) is 4.39 Å².